The third-order valence-corrected chi connectivity index (χ3v) is 2.29. The number of carbonyl (C=O) groups excluding carboxylic acids is 1. The number of amides is 1. The molecule has 0 radical (unpaired) electrons. The van der Waals surface area contributed by atoms with Gasteiger partial charge in [-0.1, -0.05) is 0 Å². The number of furan rings is 1. The van der Waals surface area contributed by atoms with Crippen LogP contribution in [0.2, 0.25) is 0 Å². The molecule has 2 heterocycles. The first-order valence-electron chi connectivity index (χ1n) is 5.28. The fourth-order valence-corrected chi connectivity index (χ4v) is 1.37. The minimum atomic E-state index is -1.18. The molecule has 7 heteroatoms. The fourth-order valence-electron chi connectivity index (χ4n) is 1.37. The Balaban J connectivity index is 1.96. The van der Waals surface area contributed by atoms with Crippen molar-refractivity contribution in [3.8, 4) is 0 Å². The number of aromatic carboxylic acids is 1. The number of carboxylic acids is 1. The van der Waals surface area contributed by atoms with Crippen LogP contribution in [-0.2, 0) is 6.54 Å². The Labute approximate surface area is 106 Å². The van der Waals surface area contributed by atoms with Crippen LogP contribution in [-0.4, -0.2) is 22.0 Å². The second-order valence-corrected chi connectivity index (χ2v) is 3.62. The van der Waals surface area contributed by atoms with E-state index in [1.807, 2.05) is 0 Å². The van der Waals surface area contributed by atoms with Gasteiger partial charge in [0.05, 0.1) is 12.1 Å². The molecule has 2 N–H and O–H groups in total. The van der Waals surface area contributed by atoms with Gasteiger partial charge >= 0.3 is 5.97 Å². The number of carboxylic acid groups (broad SMARTS) is 1. The zero-order valence-corrected chi connectivity index (χ0v) is 9.59. The van der Waals surface area contributed by atoms with E-state index in [4.69, 9.17) is 9.52 Å². The second kappa shape index (κ2) is 5.30. The van der Waals surface area contributed by atoms with Crippen LogP contribution >= 0.6 is 0 Å². The molecule has 19 heavy (non-hydrogen) atoms. The van der Waals surface area contributed by atoms with E-state index in [-0.39, 0.29) is 17.9 Å². The predicted octanol–water partition coefficient (Wildman–Crippen LogP) is 1.44. The van der Waals surface area contributed by atoms with Crippen molar-refractivity contribution in [3.63, 3.8) is 0 Å². The SMILES string of the molecule is O=C(NCc1ccc(C(=O)O)o1)c1ccc(F)nc1. The summed E-state index contributed by atoms with van der Waals surface area (Å²) in [6, 6.07) is 5.11. The predicted molar refractivity (Wildman–Crippen MR) is 61.0 cm³/mol. The Morgan fingerprint density at radius 3 is 2.68 bits per heavy atom. The summed E-state index contributed by atoms with van der Waals surface area (Å²) >= 11 is 0. The molecule has 0 saturated heterocycles. The molecule has 0 unspecified atom stereocenters. The summed E-state index contributed by atoms with van der Waals surface area (Å²) in [6.07, 6.45) is 1.11. The zero-order valence-electron chi connectivity index (χ0n) is 9.59. The number of aromatic nitrogens is 1. The molecule has 0 spiro atoms. The van der Waals surface area contributed by atoms with Gasteiger partial charge in [-0.15, -0.1) is 0 Å². The molecule has 0 aliphatic heterocycles. The van der Waals surface area contributed by atoms with Crippen molar-refractivity contribution in [2.75, 3.05) is 0 Å². The number of hydrogen-bond acceptors (Lipinski definition) is 4. The smallest absolute Gasteiger partial charge is 0.371 e. The van der Waals surface area contributed by atoms with Crippen molar-refractivity contribution in [2.24, 2.45) is 0 Å². The van der Waals surface area contributed by atoms with Crippen molar-refractivity contribution in [1.82, 2.24) is 10.3 Å². The number of pyridine rings is 1. The average Bonchev–Trinajstić information content (AvgIpc) is 2.86. The molecular formula is C12H9FN2O4. The van der Waals surface area contributed by atoms with Crippen molar-refractivity contribution in [2.45, 2.75) is 6.54 Å². The molecule has 0 aliphatic rings. The standard InChI is InChI=1S/C12H9FN2O4/c13-10-4-1-7(5-14-10)11(16)15-6-8-2-3-9(19-8)12(17)18/h1-5H,6H2,(H,15,16)(H,17,18). The molecule has 2 aromatic heterocycles. The molecule has 0 atom stereocenters. The highest BCUT2D eigenvalue weighted by Crippen LogP contribution is 2.08. The van der Waals surface area contributed by atoms with Gasteiger partial charge in [0, 0.05) is 6.20 Å². The average molecular weight is 264 g/mol. The molecule has 0 saturated carbocycles. The number of rotatable bonds is 4. The van der Waals surface area contributed by atoms with Gasteiger partial charge in [-0.25, -0.2) is 9.78 Å². The van der Waals surface area contributed by atoms with Crippen molar-refractivity contribution in [1.29, 1.82) is 0 Å². The highest BCUT2D eigenvalue weighted by molar-refractivity contribution is 5.93. The summed E-state index contributed by atoms with van der Waals surface area (Å²) in [5.74, 6) is -2.21. The van der Waals surface area contributed by atoms with E-state index in [1.165, 1.54) is 18.2 Å². The monoisotopic (exact) mass is 264 g/mol. The van der Waals surface area contributed by atoms with Crippen LogP contribution in [0.1, 0.15) is 26.7 Å². The van der Waals surface area contributed by atoms with Gasteiger partial charge in [0.25, 0.3) is 5.91 Å². The third kappa shape index (κ3) is 3.15. The van der Waals surface area contributed by atoms with Crippen LogP contribution in [0.15, 0.2) is 34.9 Å². The minimum absolute atomic E-state index is 0.0312. The Kier molecular flexibility index (Phi) is 3.56. The van der Waals surface area contributed by atoms with Gasteiger partial charge < -0.3 is 14.8 Å². The highest BCUT2D eigenvalue weighted by atomic mass is 19.1. The topological polar surface area (TPSA) is 92.4 Å². The molecule has 0 bridgehead atoms. The van der Waals surface area contributed by atoms with Crippen LogP contribution in [0, 0.1) is 5.95 Å². The van der Waals surface area contributed by atoms with Gasteiger partial charge in [-0.05, 0) is 24.3 Å². The second-order valence-electron chi connectivity index (χ2n) is 3.62. The van der Waals surface area contributed by atoms with Crippen LogP contribution in [0.25, 0.3) is 0 Å². The van der Waals surface area contributed by atoms with Crippen molar-refractivity contribution < 1.29 is 23.5 Å². The molecule has 2 aromatic rings. The number of halogens is 1. The van der Waals surface area contributed by atoms with Crippen molar-refractivity contribution >= 4 is 11.9 Å². The number of nitrogens with zero attached hydrogens (tertiary/aromatic N) is 1. The van der Waals surface area contributed by atoms with Gasteiger partial charge in [-0.2, -0.15) is 4.39 Å². The zero-order chi connectivity index (χ0) is 13.8. The van der Waals surface area contributed by atoms with E-state index in [9.17, 15) is 14.0 Å². The lowest BCUT2D eigenvalue weighted by Gasteiger charge is -2.02. The largest absolute Gasteiger partial charge is 0.475 e. The maximum absolute atomic E-state index is 12.6. The van der Waals surface area contributed by atoms with E-state index < -0.39 is 17.8 Å². The Bertz CT molecular complexity index is 606. The maximum atomic E-state index is 12.6. The lowest BCUT2D eigenvalue weighted by Crippen LogP contribution is -2.22. The van der Waals surface area contributed by atoms with Crippen LogP contribution in [0.5, 0.6) is 0 Å². The summed E-state index contributed by atoms with van der Waals surface area (Å²) in [5.41, 5.74) is 0.200. The van der Waals surface area contributed by atoms with Crippen molar-refractivity contribution in [3.05, 3.63) is 53.5 Å². The summed E-state index contributed by atoms with van der Waals surface area (Å²) in [6.45, 7) is 0.0312. The van der Waals surface area contributed by atoms with Crippen LogP contribution < -0.4 is 5.32 Å². The van der Waals surface area contributed by atoms with Crippen LogP contribution in [0.4, 0.5) is 4.39 Å². The summed E-state index contributed by atoms with van der Waals surface area (Å²) in [7, 11) is 0. The van der Waals surface area contributed by atoms with Gasteiger partial charge in [-0.3, -0.25) is 4.79 Å². The molecule has 1 amide bonds. The van der Waals surface area contributed by atoms with E-state index in [0.29, 0.717) is 5.76 Å². The number of hydrogen-bond donors (Lipinski definition) is 2. The highest BCUT2D eigenvalue weighted by Gasteiger charge is 2.10. The lowest BCUT2D eigenvalue weighted by atomic mass is 10.2. The van der Waals surface area contributed by atoms with Gasteiger partial charge in [0.15, 0.2) is 0 Å². The van der Waals surface area contributed by atoms with Crippen LogP contribution in [0.3, 0.4) is 0 Å². The Morgan fingerprint density at radius 1 is 1.32 bits per heavy atom. The van der Waals surface area contributed by atoms with Gasteiger partial charge in [0.2, 0.25) is 11.7 Å². The third-order valence-electron chi connectivity index (χ3n) is 2.29. The van der Waals surface area contributed by atoms with E-state index >= 15 is 0 Å². The lowest BCUT2D eigenvalue weighted by molar-refractivity contribution is 0.0660. The molecular weight excluding hydrogens is 255 g/mol. The number of nitrogens with one attached hydrogen (secondary N) is 1. The summed E-state index contributed by atoms with van der Waals surface area (Å²) < 4.78 is 17.5. The maximum Gasteiger partial charge on any atom is 0.371 e. The Morgan fingerprint density at radius 2 is 2.11 bits per heavy atom. The first-order chi connectivity index (χ1) is 9.06. The summed E-state index contributed by atoms with van der Waals surface area (Å²) in [4.78, 5) is 25.6. The normalized spacial score (nSPS) is 10.2. The van der Waals surface area contributed by atoms with E-state index in [0.717, 1.165) is 12.3 Å². The molecule has 0 aliphatic carbocycles. The minimum Gasteiger partial charge on any atom is -0.475 e. The van der Waals surface area contributed by atoms with Gasteiger partial charge in [0.1, 0.15) is 5.76 Å². The fraction of sp³-hybridized carbons (Fsp3) is 0.0833. The quantitative estimate of drug-likeness (QED) is 0.815. The molecule has 98 valence electrons. The molecule has 0 aromatic carbocycles. The molecule has 2 rings (SSSR count). The summed E-state index contributed by atoms with van der Waals surface area (Å²) in [5, 5.41) is 11.2. The molecule has 0 fully saturated rings. The first-order valence-corrected chi connectivity index (χ1v) is 5.28. The van der Waals surface area contributed by atoms with E-state index in [2.05, 4.69) is 10.3 Å². The number of carbonyl (C=O) groups is 2. The van der Waals surface area contributed by atoms with E-state index in [1.54, 1.807) is 0 Å². The first kappa shape index (κ1) is 12.7. The Hall–Kier alpha value is -2.70. The molecule has 6 nitrogen and oxygen atoms in total.